The molecule has 0 fully saturated rings. The molecule has 1 aliphatic heterocycles. The van der Waals surface area contributed by atoms with Gasteiger partial charge in [0.15, 0.2) is 0 Å². The maximum atomic E-state index is 12.3. The minimum Gasteiger partial charge on any atom is -0.535 e. The average molecular weight is 377 g/mol. The van der Waals surface area contributed by atoms with Gasteiger partial charge in [0.25, 0.3) is 0 Å². The second-order valence-electron chi connectivity index (χ2n) is 7.44. The van der Waals surface area contributed by atoms with Crippen LogP contribution in [0.4, 0.5) is 0 Å². The fraction of sp³-hybridized carbons (Fsp3) is 0.500. The number of hydrogen-bond acceptors (Lipinski definition) is 8. The van der Waals surface area contributed by atoms with Crippen LogP contribution in [0.25, 0.3) is 0 Å². The highest BCUT2D eigenvalue weighted by atomic mass is 16.7. The van der Waals surface area contributed by atoms with Gasteiger partial charge >= 0.3 is 19.1 Å². The van der Waals surface area contributed by atoms with Crippen LogP contribution in [-0.2, 0) is 25.5 Å². The molecule has 1 aromatic rings. The molecule has 0 bridgehead atoms. The third kappa shape index (κ3) is 5.30. The van der Waals surface area contributed by atoms with Gasteiger partial charge in [0, 0.05) is 12.2 Å². The second-order valence-corrected chi connectivity index (χ2v) is 7.44. The van der Waals surface area contributed by atoms with Crippen molar-refractivity contribution in [2.75, 3.05) is 13.3 Å². The molecule has 8 nitrogen and oxygen atoms in total. The highest BCUT2D eigenvalue weighted by Crippen LogP contribution is 2.36. The number of ether oxygens (including phenoxy) is 2. The lowest BCUT2D eigenvalue weighted by atomic mass is 9.64. The lowest BCUT2D eigenvalue weighted by molar-refractivity contribution is -0.161. The van der Waals surface area contributed by atoms with Gasteiger partial charge in [0.1, 0.15) is 17.1 Å². The summed E-state index contributed by atoms with van der Waals surface area (Å²) in [6, 6.07) is 4.89. The molecule has 0 saturated carbocycles. The first-order valence-corrected chi connectivity index (χ1v) is 8.66. The van der Waals surface area contributed by atoms with E-state index in [0.29, 0.717) is 12.0 Å². The van der Waals surface area contributed by atoms with Gasteiger partial charge in [-0.2, -0.15) is 0 Å². The van der Waals surface area contributed by atoms with Gasteiger partial charge in [-0.15, -0.1) is 0 Å². The third-order valence-electron chi connectivity index (χ3n) is 4.15. The van der Waals surface area contributed by atoms with Crippen LogP contribution in [0.1, 0.15) is 43.1 Å². The molecule has 1 heterocycles. The van der Waals surface area contributed by atoms with Crippen molar-refractivity contribution in [3.8, 4) is 5.75 Å². The molecule has 146 valence electrons. The molecule has 0 aromatic heterocycles. The molecular formula is C18H24BNO7. The van der Waals surface area contributed by atoms with Crippen molar-refractivity contribution < 1.29 is 33.5 Å². The SMILES string of the molecule is CC(C)(C)C(=O)OCOC(=O)c1cccc2c1OB(O)[C@@H](CC(=O)CN)C2. The van der Waals surface area contributed by atoms with E-state index in [-0.39, 0.29) is 30.1 Å². The zero-order chi connectivity index (χ0) is 20.2. The van der Waals surface area contributed by atoms with Crippen LogP contribution >= 0.6 is 0 Å². The van der Waals surface area contributed by atoms with E-state index in [2.05, 4.69) is 0 Å². The Kier molecular flexibility index (Phi) is 6.61. The van der Waals surface area contributed by atoms with Crippen molar-refractivity contribution in [1.82, 2.24) is 0 Å². The van der Waals surface area contributed by atoms with Gasteiger partial charge in [-0.05, 0) is 38.8 Å². The Bertz CT molecular complexity index is 729. The minimum absolute atomic E-state index is 0.0918. The Labute approximate surface area is 158 Å². The highest BCUT2D eigenvalue weighted by Gasteiger charge is 2.37. The van der Waals surface area contributed by atoms with Crippen LogP contribution in [0.5, 0.6) is 5.75 Å². The predicted molar refractivity (Wildman–Crippen MR) is 97.0 cm³/mol. The predicted octanol–water partition coefficient (Wildman–Crippen LogP) is 1.09. The van der Waals surface area contributed by atoms with E-state index >= 15 is 0 Å². The molecule has 27 heavy (non-hydrogen) atoms. The summed E-state index contributed by atoms with van der Waals surface area (Å²) in [5, 5.41) is 10.2. The van der Waals surface area contributed by atoms with Crippen molar-refractivity contribution in [3.63, 3.8) is 0 Å². The molecule has 0 aliphatic carbocycles. The number of para-hydroxylation sites is 1. The number of fused-ring (bicyclic) bond motifs is 1. The van der Waals surface area contributed by atoms with Gasteiger partial charge < -0.3 is 24.9 Å². The first kappa shape index (κ1) is 20.9. The summed E-state index contributed by atoms with van der Waals surface area (Å²) in [5.41, 5.74) is 5.40. The summed E-state index contributed by atoms with van der Waals surface area (Å²) < 4.78 is 15.4. The smallest absolute Gasteiger partial charge is 0.526 e. The van der Waals surface area contributed by atoms with E-state index in [0.717, 1.165) is 0 Å². The van der Waals surface area contributed by atoms with Crippen LogP contribution in [-0.4, -0.2) is 43.2 Å². The van der Waals surface area contributed by atoms with E-state index in [9.17, 15) is 19.4 Å². The Balaban J connectivity index is 2.06. The normalized spacial score (nSPS) is 16.2. The summed E-state index contributed by atoms with van der Waals surface area (Å²) in [6.07, 6.45) is 0.455. The standard InChI is InChI=1S/C18H24BNO7/c1-18(2,3)17(23)26-10-25-16(22)14-6-4-5-11-7-12(8-13(21)9-20)19(24)27-15(11)14/h4-6,12,24H,7-10,20H2,1-3H3/t12-/m1/s1. The van der Waals surface area contributed by atoms with E-state index in [4.69, 9.17) is 19.9 Å². The van der Waals surface area contributed by atoms with Crippen molar-refractivity contribution in [2.24, 2.45) is 11.1 Å². The fourth-order valence-corrected chi connectivity index (χ4v) is 2.63. The van der Waals surface area contributed by atoms with Crippen LogP contribution < -0.4 is 10.4 Å². The number of hydrogen-bond donors (Lipinski definition) is 2. The number of Topliss-reactive ketones (excluding diaryl/α,β-unsaturated/α-hetero) is 1. The molecule has 9 heteroatoms. The molecule has 0 amide bonds. The zero-order valence-corrected chi connectivity index (χ0v) is 15.7. The number of ketones is 1. The maximum absolute atomic E-state index is 12.3. The molecule has 0 saturated heterocycles. The Morgan fingerprint density at radius 1 is 1.30 bits per heavy atom. The van der Waals surface area contributed by atoms with E-state index in [1.54, 1.807) is 32.9 Å². The number of carbonyl (C=O) groups excluding carboxylic acids is 3. The molecule has 1 aliphatic rings. The van der Waals surface area contributed by atoms with Crippen LogP contribution in [0.3, 0.4) is 0 Å². The summed E-state index contributed by atoms with van der Waals surface area (Å²) in [5.74, 6) is -1.65. The highest BCUT2D eigenvalue weighted by molar-refractivity contribution is 6.47. The van der Waals surface area contributed by atoms with Crippen LogP contribution in [0, 0.1) is 5.41 Å². The number of esters is 2. The van der Waals surface area contributed by atoms with Gasteiger partial charge in [0.2, 0.25) is 6.79 Å². The topological polar surface area (TPSA) is 125 Å². The molecule has 1 aromatic carbocycles. The number of rotatable bonds is 6. The van der Waals surface area contributed by atoms with Crippen molar-refractivity contribution in [3.05, 3.63) is 29.3 Å². The largest absolute Gasteiger partial charge is 0.535 e. The molecular weight excluding hydrogens is 353 g/mol. The molecule has 2 rings (SSSR count). The number of nitrogens with two attached hydrogens (primary N) is 1. The molecule has 1 atom stereocenters. The minimum atomic E-state index is -1.24. The molecule has 0 radical (unpaired) electrons. The number of benzene rings is 1. The van der Waals surface area contributed by atoms with E-state index < -0.39 is 37.1 Å². The number of carbonyl (C=O) groups is 3. The third-order valence-corrected chi connectivity index (χ3v) is 4.15. The lowest BCUT2D eigenvalue weighted by Crippen LogP contribution is -2.36. The molecule has 0 spiro atoms. The maximum Gasteiger partial charge on any atom is 0.526 e. The Morgan fingerprint density at radius 3 is 2.63 bits per heavy atom. The summed E-state index contributed by atoms with van der Waals surface area (Å²) in [7, 11) is -1.24. The molecule has 0 unspecified atom stereocenters. The van der Waals surface area contributed by atoms with E-state index in [1.807, 2.05) is 0 Å². The van der Waals surface area contributed by atoms with Crippen molar-refractivity contribution in [2.45, 2.75) is 39.4 Å². The zero-order valence-electron chi connectivity index (χ0n) is 15.7. The Hall–Kier alpha value is -2.39. The lowest BCUT2D eigenvalue weighted by Gasteiger charge is -2.28. The van der Waals surface area contributed by atoms with Gasteiger partial charge in [-0.1, -0.05) is 12.1 Å². The van der Waals surface area contributed by atoms with Gasteiger partial charge in [-0.25, -0.2) is 4.79 Å². The van der Waals surface area contributed by atoms with Gasteiger partial charge in [0.05, 0.1) is 12.0 Å². The van der Waals surface area contributed by atoms with Gasteiger partial charge in [-0.3, -0.25) is 9.59 Å². The summed E-state index contributed by atoms with van der Waals surface area (Å²) in [4.78, 5) is 35.6. The first-order chi connectivity index (χ1) is 12.6. The molecule has 3 N–H and O–H groups in total. The van der Waals surface area contributed by atoms with Crippen LogP contribution in [0.15, 0.2) is 18.2 Å². The second kappa shape index (κ2) is 8.54. The van der Waals surface area contributed by atoms with Crippen molar-refractivity contribution >= 4 is 24.8 Å². The van der Waals surface area contributed by atoms with Crippen LogP contribution in [0.2, 0.25) is 5.82 Å². The fourth-order valence-electron chi connectivity index (χ4n) is 2.63. The van der Waals surface area contributed by atoms with Crippen molar-refractivity contribution in [1.29, 1.82) is 0 Å². The average Bonchev–Trinajstić information content (AvgIpc) is 2.60. The van der Waals surface area contributed by atoms with E-state index in [1.165, 1.54) is 6.07 Å². The summed E-state index contributed by atoms with van der Waals surface area (Å²) in [6.45, 7) is 4.44. The monoisotopic (exact) mass is 377 g/mol. The quantitative estimate of drug-likeness (QED) is 0.429. The Morgan fingerprint density at radius 2 is 2.00 bits per heavy atom. The first-order valence-electron chi connectivity index (χ1n) is 8.66. The summed E-state index contributed by atoms with van der Waals surface area (Å²) >= 11 is 0.